The van der Waals surface area contributed by atoms with Crippen LogP contribution in [0.15, 0.2) is 54.6 Å². The van der Waals surface area contributed by atoms with Crippen molar-refractivity contribution in [3.05, 3.63) is 65.7 Å². The lowest BCUT2D eigenvalue weighted by Gasteiger charge is -2.34. The van der Waals surface area contributed by atoms with E-state index in [4.69, 9.17) is 9.47 Å². The first-order valence-electron chi connectivity index (χ1n) is 12.1. The predicted molar refractivity (Wildman–Crippen MR) is 133 cm³/mol. The summed E-state index contributed by atoms with van der Waals surface area (Å²) in [6.45, 7) is 5.97. The molecule has 1 fully saturated rings. The lowest BCUT2D eigenvalue weighted by molar-refractivity contribution is -0.164. The molecule has 0 aliphatic carbocycles. The Hall–Kier alpha value is -3.32. The highest BCUT2D eigenvalue weighted by molar-refractivity contribution is 7.88. The van der Waals surface area contributed by atoms with E-state index in [9.17, 15) is 36.3 Å². The van der Waals surface area contributed by atoms with E-state index in [1.807, 2.05) is 0 Å². The van der Waals surface area contributed by atoms with E-state index < -0.39 is 44.6 Å². The van der Waals surface area contributed by atoms with Gasteiger partial charge in [-0.25, -0.2) is 9.59 Å². The van der Waals surface area contributed by atoms with E-state index in [0.717, 1.165) is 18.2 Å². The molecule has 0 bridgehead atoms. The zero-order valence-corrected chi connectivity index (χ0v) is 22.4. The largest absolute Gasteiger partial charge is 0.534 e. The van der Waals surface area contributed by atoms with Gasteiger partial charge in [0.2, 0.25) is 5.60 Å². The van der Waals surface area contributed by atoms with Gasteiger partial charge in [0, 0.05) is 18.7 Å². The van der Waals surface area contributed by atoms with Crippen LogP contribution in [0.25, 0.3) is 0 Å². The van der Waals surface area contributed by atoms with Crippen molar-refractivity contribution in [3.8, 4) is 5.75 Å². The van der Waals surface area contributed by atoms with Crippen LogP contribution in [-0.2, 0) is 30.0 Å². The van der Waals surface area contributed by atoms with Gasteiger partial charge in [-0.1, -0.05) is 42.5 Å². The summed E-state index contributed by atoms with van der Waals surface area (Å²) in [6, 6.07) is 11.7. The second-order valence-electron chi connectivity index (χ2n) is 10.1. The molecule has 0 aromatic heterocycles. The Kier molecular flexibility index (Phi) is 8.85. The molecule has 1 heterocycles. The summed E-state index contributed by atoms with van der Waals surface area (Å²) >= 11 is 0. The minimum atomic E-state index is -5.98. The molecule has 0 spiro atoms. The summed E-state index contributed by atoms with van der Waals surface area (Å²) in [7, 11) is -5.98. The predicted octanol–water partition coefficient (Wildman–Crippen LogP) is 4.34. The van der Waals surface area contributed by atoms with Crippen LogP contribution in [0.2, 0.25) is 0 Å². The van der Waals surface area contributed by atoms with Gasteiger partial charge in [-0.05, 0) is 57.2 Å². The van der Waals surface area contributed by atoms with Gasteiger partial charge in [0.05, 0.1) is 6.61 Å². The van der Waals surface area contributed by atoms with Crippen molar-refractivity contribution in [2.75, 3.05) is 19.7 Å². The highest BCUT2D eigenvalue weighted by Crippen LogP contribution is 2.35. The summed E-state index contributed by atoms with van der Waals surface area (Å²) in [5.74, 6) is -1.99. The van der Waals surface area contributed by atoms with Crippen LogP contribution in [0, 0.1) is 5.92 Å². The Morgan fingerprint density at radius 3 is 2.13 bits per heavy atom. The van der Waals surface area contributed by atoms with E-state index in [1.165, 1.54) is 30.3 Å². The average molecular weight is 574 g/mol. The zero-order chi connectivity index (χ0) is 29.1. The molecular formula is C26H30F3NO8S. The molecule has 2 aromatic rings. The van der Waals surface area contributed by atoms with Crippen molar-refractivity contribution in [2.45, 2.75) is 50.3 Å². The van der Waals surface area contributed by atoms with E-state index in [-0.39, 0.29) is 23.7 Å². The molecule has 1 aliphatic heterocycles. The SMILES string of the molecule is CC(C)(C)OC(=O)N1CCC(COC(=O)C(O)(c2ccccc2)c2cccc(OS(=O)(=O)C(F)(F)F)c2)CC1. The molecule has 0 saturated carbocycles. The number of ether oxygens (including phenoxy) is 2. The van der Waals surface area contributed by atoms with Gasteiger partial charge in [-0.3, -0.25) is 0 Å². The van der Waals surface area contributed by atoms with Gasteiger partial charge in [0.25, 0.3) is 0 Å². The maximum Gasteiger partial charge on any atom is 0.534 e. The van der Waals surface area contributed by atoms with Crippen molar-refractivity contribution < 1.29 is 49.9 Å². The fourth-order valence-corrected chi connectivity index (χ4v) is 4.39. The van der Waals surface area contributed by atoms with Crippen LogP contribution in [-0.4, -0.2) is 61.3 Å². The van der Waals surface area contributed by atoms with E-state index >= 15 is 0 Å². The fraction of sp³-hybridized carbons (Fsp3) is 0.462. The average Bonchev–Trinajstić information content (AvgIpc) is 2.85. The lowest BCUT2D eigenvalue weighted by Crippen LogP contribution is -2.43. The van der Waals surface area contributed by atoms with Crippen LogP contribution < -0.4 is 4.18 Å². The topological polar surface area (TPSA) is 119 Å². The molecule has 214 valence electrons. The second kappa shape index (κ2) is 11.4. The highest BCUT2D eigenvalue weighted by atomic mass is 32.2. The molecule has 13 heteroatoms. The Balaban J connectivity index is 1.77. The summed E-state index contributed by atoms with van der Waals surface area (Å²) in [6.07, 6.45) is 0.579. The van der Waals surface area contributed by atoms with Crippen molar-refractivity contribution in [3.63, 3.8) is 0 Å². The van der Waals surface area contributed by atoms with Gasteiger partial charge in [0.15, 0.2) is 0 Å². The number of rotatable bonds is 7. The monoisotopic (exact) mass is 573 g/mol. The number of amides is 1. The van der Waals surface area contributed by atoms with Gasteiger partial charge in [0.1, 0.15) is 11.4 Å². The Morgan fingerprint density at radius 1 is 0.974 bits per heavy atom. The highest BCUT2D eigenvalue weighted by Gasteiger charge is 2.49. The third-order valence-corrected chi connectivity index (χ3v) is 6.92. The van der Waals surface area contributed by atoms with E-state index in [1.54, 1.807) is 31.7 Å². The van der Waals surface area contributed by atoms with Crippen molar-refractivity contribution >= 4 is 22.2 Å². The fourth-order valence-electron chi connectivity index (χ4n) is 3.94. The number of carbonyl (C=O) groups excluding carboxylic acids is 2. The van der Waals surface area contributed by atoms with Crippen molar-refractivity contribution in [1.29, 1.82) is 0 Å². The number of hydrogen-bond acceptors (Lipinski definition) is 8. The summed E-state index contributed by atoms with van der Waals surface area (Å²) in [5.41, 5.74) is -9.00. The van der Waals surface area contributed by atoms with Crippen molar-refractivity contribution in [2.24, 2.45) is 5.92 Å². The van der Waals surface area contributed by atoms with Gasteiger partial charge >= 0.3 is 27.7 Å². The van der Waals surface area contributed by atoms with Gasteiger partial charge in [-0.15, -0.1) is 0 Å². The number of alkyl halides is 3. The number of esters is 1. The molecule has 1 saturated heterocycles. The first-order valence-corrected chi connectivity index (χ1v) is 13.5. The van der Waals surface area contributed by atoms with Crippen LogP contribution in [0.1, 0.15) is 44.7 Å². The number of aliphatic hydroxyl groups is 1. The first-order chi connectivity index (χ1) is 18.0. The third kappa shape index (κ3) is 7.41. The number of piperidine rings is 1. The number of nitrogens with zero attached hydrogens (tertiary/aromatic N) is 1. The standard InChI is InChI=1S/C26H30F3NO8S/c1-24(2,3)37-23(32)30-14-12-18(13-15-30)17-36-22(31)25(33,19-8-5-4-6-9-19)20-10-7-11-21(16-20)38-39(34,35)26(27,28)29/h4-11,16,18,33H,12-15,17H2,1-3H3. The summed E-state index contributed by atoms with van der Waals surface area (Å²) in [4.78, 5) is 27.1. The third-order valence-electron chi connectivity index (χ3n) is 5.94. The smallest absolute Gasteiger partial charge is 0.463 e. The van der Waals surface area contributed by atoms with Crippen LogP contribution in [0.3, 0.4) is 0 Å². The maximum atomic E-state index is 13.3. The van der Waals surface area contributed by atoms with Crippen LogP contribution in [0.5, 0.6) is 5.75 Å². The van der Waals surface area contributed by atoms with Gasteiger partial charge in [-0.2, -0.15) is 21.6 Å². The lowest BCUT2D eigenvalue weighted by atomic mass is 9.86. The minimum Gasteiger partial charge on any atom is -0.463 e. The second-order valence-corrected chi connectivity index (χ2v) is 11.6. The quantitative estimate of drug-likeness (QED) is 0.295. The van der Waals surface area contributed by atoms with E-state index in [2.05, 4.69) is 4.18 Å². The molecule has 1 atom stereocenters. The van der Waals surface area contributed by atoms with Crippen molar-refractivity contribution in [1.82, 2.24) is 4.90 Å². The van der Waals surface area contributed by atoms with E-state index in [0.29, 0.717) is 25.9 Å². The normalized spacial score (nSPS) is 16.7. The number of hydrogen-bond donors (Lipinski definition) is 1. The van der Waals surface area contributed by atoms with Gasteiger partial charge < -0.3 is 23.7 Å². The Bertz CT molecular complexity index is 1270. The number of benzene rings is 2. The van der Waals surface area contributed by atoms with Crippen LogP contribution in [0.4, 0.5) is 18.0 Å². The Labute approximate surface area is 224 Å². The molecule has 1 N–H and O–H groups in total. The number of carbonyl (C=O) groups is 2. The zero-order valence-electron chi connectivity index (χ0n) is 21.6. The molecule has 9 nitrogen and oxygen atoms in total. The molecule has 1 aliphatic rings. The molecule has 0 radical (unpaired) electrons. The molecule has 1 unspecified atom stereocenters. The minimum absolute atomic E-state index is 0.0468. The number of likely N-dealkylation sites (tertiary alicyclic amines) is 1. The molecule has 2 aromatic carbocycles. The molecule has 1 amide bonds. The number of halogens is 3. The molecule has 39 heavy (non-hydrogen) atoms. The molecular weight excluding hydrogens is 543 g/mol. The summed E-state index contributed by atoms with van der Waals surface area (Å²) < 4.78 is 76.3. The Morgan fingerprint density at radius 2 is 1.56 bits per heavy atom. The first kappa shape index (κ1) is 30.2. The van der Waals surface area contributed by atoms with Crippen LogP contribution >= 0.6 is 0 Å². The maximum absolute atomic E-state index is 13.3. The summed E-state index contributed by atoms with van der Waals surface area (Å²) in [5, 5.41) is 11.6. The molecule has 3 rings (SSSR count).